The molecule has 4 aromatic rings. The topological polar surface area (TPSA) is 21.6 Å². The van der Waals surface area contributed by atoms with Gasteiger partial charge < -0.3 is 4.74 Å². The first kappa shape index (κ1) is 18.2. The van der Waals surface area contributed by atoms with Crippen LogP contribution >= 0.6 is 0 Å². The highest BCUT2D eigenvalue weighted by Crippen LogP contribution is 2.41. The van der Waals surface area contributed by atoms with Gasteiger partial charge in [-0.3, -0.25) is 4.99 Å². The predicted octanol–water partition coefficient (Wildman–Crippen LogP) is 6.89. The number of aliphatic imine (C=N–C) groups is 1. The first-order chi connectivity index (χ1) is 13.7. The standard InChI is InChI=1S/C26H25NO/c1-4-18(2)27-17-21-12-7-10-20-11-8-14-23(25(20)21)26-22-13-6-5-9-19(22)15-16-24(26)28-3/h5-18H,4H2,1-3H3/t18-/m1/s1. The molecule has 140 valence electrons. The minimum atomic E-state index is 0.314. The molecule has 0 aliphatic heterocycles. The molecule has 0 amide bonds. The summed E-state index contributed by atoms with van der Waals surface area (Å²) in [6.45, 7) is 4.31. The van der Waals surface area contributed by atoms with Crippen molar-refractivity contribution in [3.63, 3.8) is 0 Å². The second kappa shape index (κ2) is 7.85. The second-order valence-electron chi connectivity index (χ2n) is 7.15. The number of methoxy groups -OCH3 is 1. The lowest BCUT2D eigenvalue weighted by Crippen LogP contribution is -1.97. The molecule has 28 heavy (non-hydrogen) atoms. The maximum absolute atomic E-state index is 5.78. The first-order valence-corrected chi connectivity index (χ1v) is 9.84. The summed E-state index contributed by atoms with van der Waals surface area (Å²) in [5.41, 5.74) is 3.45. The number of nitrogens with zero attached hydrogens (tertiary/aromatic N) is 1. The van der Waals surface area contributed by atoms with Gasteiger partial charge in [-0.25, -0.2) is 0 Å². The van der Waals surface area contributed by atoms with Gasteiger partial charge in [-0.15, -0.1) is 0 Å². The van der Waals surface area contributed by atoms with E-state index in [1.165, 1.54) is 27.1 Å². The Hall–Kier alpha value is -3.13. The monoisotopic (exact) mass is 367 g/mol. The van der Waals surface area contributed by atoms with Crippen LogP contribution in [-0.2, 0) is 0 Å². The molecule has 4 aromatic carbocycles. The number of fused-ring (bicyclic) bond motifs is 2. The number of hydrogen-bond donors (Lipinski definition) is 0. The molecule has 0 N–H and O–H groups in total. The SMILES string of the molecule is CC[C@@H](C)N=Cc1cccc2cccc(-c3c(OC)ccc4ccccc34)c12. The molecule has 0 saturated carbocycles. The van der Waals surface area contributed by atoms with Gasteiger partial charge in [-0.2, -0.15) is 0 Å². The Morgan fingerprint density at radius 2 is 1.64 bits per heavy atom. The summed E-state index contributed by atoms with van der Waals surface area (Å²) < 4.78 is 5.78. The normalized spacial score (nSPS) is 12.7. The minimum absolute atomic E-state index is 0.314. The molecule has 2 nitrogen and oxygen atoms in total. The molecule has 0 bridgehead atoms. The summed E-state index contributed by atoms with van der Waals surface area (Å²) in [5.74, 6) is 0.889. The Morgan fingerprint density at radius 1 is 0.893 bits per heavy atom. The van der Waals surface area contributed by atoms with Gasteiger partial charge in [0.1, 0.15) is 5.75 Å². The minimum Gasteiger partial charge on any atom is -0.496 e. The Bertz CT molecular complexity index is 1150. The third-order valence-corrected chi connectivity index (χ3v) is 5.38. The lowest BCUT2D eigenvalue weighted by atomic mass is 9.91. The third-order valence-electron chi connectivity index (χ3n) is 5.38. The van der Waals surface area contributed by atoms with Crippen molar-refractivity contribution in [2.24, 2.45) is 4.99 Å². The van der Waals surface area contributed by atoms with Gasteiger partial charge in [0.15, 0.2) is 0 Å². The molecule has 0 aliphatic carbocycles. The lowest BCUT2D eigenvalue weighted by Gasteiger charge is -2.16. The van der Waals surface area contributed by atoms with Crippen LogP contribution in [0.3, 0.4) is 0 Å². The molecule has 2 heteroatoms. The highest BCUT2D eigenvalue weighted by atomic mass is 16.5. The third kappa shape index (κ3) is 3.27. The molecule has 0 unspecified atom stereocenters. The Labute approximate surface area is 166 Å². The van der Waals surface area contributed by atoms with E-state index in [2.05, 4.69) is 86.6 Å². The fourth-order valence-electron chi connectivity index (χ4n) is 3.70. The van der Waals surface area contributed by atoms with Crippen molar-refractivity contribution in [2.45, 2.75) is 26.3 Å². The summed E-state index contributed by atoms with van der Waals surface area (Å²) in [6.07, 6.45) is 3.06. The number of ether oxygens (including phenoxy) is 1. The smallest absolute Gasteiger partial charge is 0.127 e. The zero-order valence-electron chi connectivity index (χ0n) is 16.6. The molecule has 0 aliphatic rings. The highest BCUT2D eigenvalue weighted by Gasteiger charge is 2.15. The van der Waals surface area contributed by atoms with Gasteiger partial charge in [0, 0.05) is 23.4 Å². The van der Waals surface area contributed by atoms with E-state index >= 15 is 0 Å². The van der Waals surface area contributed by atoms with Crippen LogP contribution in [0.25, 0.3) is 32.7 Å². The van der Waals surface area contributed by atoms with Crippen molar-refractivity contribution in [2.75, 3.05) is 7.11 Å². The zero-order chi connectivity index (χ0) is 19.5. The van der Waals surface area contributed by atoms with Crippen LogP contribution < -0.4 is 4.74 Å². The van der Waals surface area contributed by atoms with E-state index in [1.807, 2.05) is 6.21 Å². The van der Waals surface area contributed by atoms with Gasteiger partial charge >= 0.3 is 0 Å². The van der Waals surface area contributed by atoms with Crippen LogP contribution in [0.4, 0.5) is 0 Å². The second-order valence-corrected chi connectivity index (χ2v) is 7.15. The maximum Gasteiger partial charge on any atom is 0.127 e. The van der Waals surface area contributed by atoms with Gasteiger partial charge in [0.2, 0.25) is 0 Å². The molecular weight excluding hydrogens is 342 g/mol. The molecular formula is C26H25NO. The number of hydrogen-bond acceptors (Lipinski definition) is 2. The Balaban J connectivity index is 2.06. The van der Waals surface area contributed by atoms with E-state index in [-0.39, 0.29) is 0 Å². The molecule has 1 atom stereocenters. The van der Waals surface area contributed by atoms with Crippen LogP contribution in [0.1, 0.15) is 25.8 Å². The van der Waals surface area contributed by atoms with Crippen molar-refractivity contribution in [3.8, 4) is 16.9 Å². The van der Waals surface area contributed by atoms with Gasteiger partial charge in [0.25, 0.3) is 0 Å². The van der Waals surface area contributed by atoms with Gasteiger partial charge in [0.05, 0.1) is 7.11 Å². The lowest BCUT2D eigenvalue weighted by molar-refractivity contribution is 0.417. The quantitative estimate of drug-likeness (QED) is 0.352. The Morgan fingerprint density at radius 3 is 2.43 bits per heavy atom. The van der Waals surface area contributed by atoms with Crippen molar-refractivity contribution in [1.82, 2.24) is 0 Å². The largest absolute Gasteiger partial charge is 0.496 e. The zero-order valence-corrected chi connectivity index (χ0v) is 16.6. The van der Waals surface area contributed by atoms with Gasteiger partial charge in [-0.05, 0) is 46.5 Å². The van der Waals surface area contributed by atoms with Crippen molar-refractivity contribution < 1.29 is 4.74 Å². The molecule has 0 aromatic heterocycles. The van der Waals surface area contributed by atoms with Crippen LogP contribution in [-0.4, -0.2) is 19.4 Å². The van der Waals surface area contributed by atoms with E-state index in [1.54, 1.807) is 7.11 Å². The predicted molar refractivity (Wildman–Crippen MR) is 121 cm³/mol. The molecule has 0 radical (unpaired) electrons. The maximum atomic E-state index is 5.78. The molecule has 0 heterocycles. The first-order valence-electron chi connectivity index (χ1n) is 9.84. The number of benzene rings is 4. The summed E-state index contributed by atoms with van der Waals surface area (Å²) >= 11 is 0. The number of rotatable bonds is 5. The summed E-state index contributed by atoms with van der Waals surface area (Å²) in [5, 5.41) is 4.83. The average Bonchev–Trinajstić information content (AvgIpc) is 2.76. The van der Waals surface area contributed by atoms with Crippen molar-refractivity contribution in [3.05, 3.63) is 78.4 Å². The summed E-state index contributed by atoms with van der Waals surface area (Å²) in [6, 6.07) is 25.9. The highest BCUT2D eigenvalue weighted by molar-refractivity contribution is 6.12. The van der Waals surface area contributed by atoms with E-state index in [0.717, 1.165) is 23.3 Å². The summed E-state index contributed by atoms with van der Waals surface area (Å²) in [4.78, 5) is 4.75. The Kier molecular flexibility index (Phi) is 5.12. The molecule has 0 saturated heterocycles. The van der Waals surface area contributed by atoms with Crippen molar-refractivity contribution >= 4 is 27.8 Å². The van der Waals surface area contributed by atoms with Crippen molar-refractivity contribution in [1.29, 1.82) is 0 Å². The van der Waals surface area contributed by atoms with E-state index in [9.17, 15) is 0 Å². The molecule has 0 fully saturated rings. The average molecular weight is 367 g/mol. The molecule has 4 rings (SSSR count). The van der Waals surface area contributed by atoms with Gasteiger partial charge in [-0.1, -0.05) is 73.7 Å². The fourth-order valence-corrected chi connectivity index (χ4v) is 3.70. The van der Waals surface area contributed by atoms with Crippen LogP contribution in [0.15, 0.2) is 77.8 Å². The van der Waals surface area contributed by atoms with E-state index in [0.29, 0.717) is 6.04 Å². The van der Waals surface area contributed by atoms with Crippen LogP contribution in [0, 0.1) is 0 Å². The molecule has 0 spiro atoms. The summed E-state index contributed by atoms with van der Waals surface area (Å²) in [7, 11) is 1.74. The van der Waals surface area contributed by atoms with E-state index in [4.69, 9.17) is 9.73 Å². The van der Waals surface area contributed by atoms with Crippen LogP contribution in [0.5, 0.6) is 5.75 Å². The van der Waals surface area contributed by atoms with Crippen LogP contribution in [0.2, 0.25) is 0 Å². The van der Waals surface area contributed by atoms with E-state index < -0.39 is 0 Å². The fraction of sp³-hybridized carbons (Fsp3) is 0.192.